The standard InChI is InChI=1S/C9H11N/c1-7-3-2-4-8-5-10-6-9(7)8/h5-6,10H,1-4H2. The Balaban J connectivity index is 2.50. The zero-order chi connectivity index (χ0) is 6.97. The molecule has 0 radical (unpaired) electrons. The number of aryl methyl sites for hydroxylation is 1. The first-order valence-corrected chi connectivity index (χ1v) is 3.72. The number of hydrogen-bond donors (Lipinski definition) is 1. The molecule has 0 amide bonds. The molecule has 0 unspecified atom stereocenters. The SMILES string of the molecule is C=C1CCCc2c[nH]cc21. The van der Waals surface area contributed by atoms with Crippen LogP contribution in [0.3, 0.4) is 0 Å². The van der Waals surface area contributed by atoms with Crippen molar-refractivity contribution in [1.82, 2.24) is 4.98 Å². The number of hydrogen-bond acceptors (Lipinski definition) is 0. The number of H-pyrrole nitrogens is 1. The van der Waals surface area contributed by atoms with Gasteiger partial charge in [0.15, 0.2) is 0 Å². The summed E-state index contributed by atoms with van der Waals surface area (Å²) in [5.74, 6) is 0. The molecule has 1 N–H and O–H groups in total. The van der Waals surface area contributed by atoms with Gasteiger partial charge in [-0.15, -0.1) is 0 Å². The summed E-state index contributed by atoms with van der Waals surface area (Å²) in [7, 11) is 0. The van der Waals surface area contributed by atoms with E-state index in [-0.39, 0.29) is 0 Å². The minimum absolute atomic E-state index is 1.17. The van der Waals surface area contributed by atoms with E-state index >= 15 is 0 Å². The second kappa shape index (κ2) is 2.01. The average molecular weight is 133 g/mol. The van der Waals surface area contributed by atoms with Gasteiger partial charge in [0.05, 0.1) is 0 Å². The van der Waals surface area contributed by atoms with E-state index in [4.69, 9.17) is 0 Å². The Morgan fingerprint density at radius 2 is 2.20 bits per heavy atom. The molecule has 0 atom stereocenters. The number of aromatic amines is 1. The lowest BCUT2D eigenvalue weighted by Gasteiger charge is -2.12. The molecule has 0 saturated heterocycles. The topological polar surface area (TPSA) is 15.8 Å². The lowest BCUT2D eigenvalue weighted by molar-refractivity contribution is 0.828. The number of allylic oxidation sites excluding steroid dienone is 1. The molecule has 10 heavy (non-hydrogen) atoms. The molecule has 0 fully saturated rings. The van der Waals surface area contributed by atoms with Crippen molar-refractivity contribution in [3.05, 3.63) is 30.1 Å². The van der Waals surface area contributed by atoms with Crippen molar-refractivity contribution in [2.45, 2.75) is 19.3 Å². The van der Waals surface area contributed by atoms with Gasteiger partial charge in [-0.05, 0) is 36.0 Å². The normalized spacial score (nSPS) is 17.0. The van der Waals surface area contributed by atoms with Crippen molar-refractivity contribution in [2.24, 2.45) is 0 Å². The minimum Gasteiger partial charge on any atom is -0.367 e. The van der Waals surface area contributed by atoms with Crippen molar-refractivity contribution >= 4 is 5.57 Å². The van der Waals surface area contributed by atoms with Gasteiger partial charge in [0.1, 0.15) is 0 Å². The summed E-state index contributed by atoms with van der Waals surface area (Å²) in [6, 6.07) is 0. The van der Waals surface area contributed by atoms with Crippen molar-refractivity contribution in [2.75, 3.05) is 0 Å². The quantitative estimate of drug-likeness (QED) is 0.559. The van der Waals surface area contributed by atoms with E-state index in [1.54, 1.807) is 0 Å². The molecule has 2 rings (SSSR count). The smallest absolute Gasteiger partial charge is 0.00835 e. The minimum atomic E-state index is 1.17. The predicted octanol–water partition coefficient (Wildman–Crippen LogP) is 2.36. The lowest BCUT2D eigenvalue weighted by Crippen LogP contribution is -1.96. The molecule has 1 nitrogen and oxygen atoms in total. The van der Waals surface area contributed by atoms with Crippen LogP contribution in [0.5, 0.6) is 0 Å². The molecule has 52 valence electrons. The van der Waals surface area contributed by atoms with E-state index in [1.165, 1.54) is 36.0 Å². The Morgan fingerprint density at radius 3 is 3.00 bits per heavy atom. The van der Waals surface area contributed by atoms with Crippen LogP contribution in [0.25, 0.3) is 5.57 Å². The van der Waals surface area contributed by atoms with Gasteiger partial charge in [0.25, 0.3) is 0 Å². The summed E-state index contributed by atoms with van der Waals surface area (Å²) in [5.41, 5.74) is 4.09. The number of nitrogens with one attached hydrogen (secondary N) is 1. The van der Waals surface area contributed by atoms with Gasteiger partial charge < -0.3 is 4.98 Å². The first-order valence-electron chi connectivity index (χ1n) is 3.72. The zero-order valence-corrected chi connectivity index (χ0v) is 5.98. The number of aromatic nitrogens is 1. The van der Waals surface area contributed by atoms with E-state index < -0.39 is 0 Å². The maximum absolute atomic E-state index is 4.01. The second-order valence-corrected chi connectivity index (χ2v) is 2.85. The third-order valence-corrected chi connectivity index (χ3v) is 2.14. The Bertz CT molecular complexity index is 257. The molecule has 0 aliphatic heterocycles. The fourth-order valence-electron chi connectivity index (χ4n) is 1.56. The fourth-order valence-corrected chi connectivity index (χ4v) is 1.56. The van der Waals surface area contributed by atoms with Crippen LogP contribution in [0.4, 0.5) is 0 Å². The van der Waals surface area contributed by atoms with Gasteiger partial charge in [-0.3, -0.25) is 0 Å². The molecule has 0 aromatic carbocycles. The Hall–Kier alpha value is -0.980. The van der Waals surface area contributed by atoms with Crippen LogP contribution >= 0.6 is 0 Å². The molecule has 1 aliphatic carbocycles. The third kappa shape index (κ3) is 0.703. The van der Waals surface area contributed by atoms with Gasteiger partial charge in [-0.2, -0.15) is 0 Å². The molecular weight excluding hydrogens is 122 g/mol. The summed E-state index contributed by atoms with van der Waals surface area (Å²) < 4.78 is 0. The van der Waals surface area contributed by atoms with Crippen molar-refractivity contribution in [3.63, 3.8) is 0 Å². The van der Waals surface area contributed by atoms with E-state index in [2.05, 4.69) is 24.0 Å². The first kappa shape index (κ1) is 5.78. The molecule has 0 bridgehead atoms. The summed E-state index contributed by atoms with van der Waals surface area (Å²) in [6.45, 7) is 4.01. The van der Waals surface area contributed by atoms with Crippen LogP contribution in [0.15, 0.2) is 19.0 Å². The summed E-state index contributed by atoms with van der Waals surface area (Å²) in [4.78, 5) is 3.11. The molecule has 1 aromatic heterocycles. The molecule has 1 heterocycles. The van der Waals surface area contributed by atoms with Crippen LogP contribution < -0.4 is 0 Å². The second-order valence-electron chi connectivity index (χ2n) is 2.85. The summed E-state index contributed by atoms with van der Waals surface area (Å²) >= 11 is 0. The summed E-state index contributed by atoms with van der Waals surface area (Å²) in [6.07, 6.45) is 7.79. The molecular formula is C9H11N. The van der Waals surface area contributed by atoms with Crippen molar-refractivity contribution in [3.8, 4) is 0 Å². The molecule has 1 aliphatic rings. The summed E-state index contributed by atoms with van der Waals surface area (Å²) in [5, 5.41) is 0. The van der Waals surface area contributed by atoms with E-state index in [1.807, 2.05) is 0 Å². The third-order valence-electron chi connectivity index (χ3n) is 2.14. The van der Waals surface area contributed by atoms with Crippen LogP contribution in [-0.4, -0.2) is 4.98 Å². The van der Waals surface area contributed by atoms with E-state index in [9.17, 15) is 0 Å². The van der Waals surface area contributed by atoms with Gasteiger partial charge in [-0.1, -0.05) is 6.58 Å². The largest absolute Gasteiger partial charge is 0.367 e. The highest BCUT2D eigenvalue weighted by Crippen LogP contribution is 2.28. The Labute approximate surface area is 60.8 Å². The number of rotatable bonds is 0. The van der Waals surface area contributed by atoms with Crippen LogP contribution in [-0.2, 0) is 6.42 Å². The highest BCUT2D eigenvalue weighted by molar-refractivity contribution is 5.67. The first-order chi connectivity index (χ1) is 4.88. The maximum atomic E-state index is 4.01. The van der Waals surface area contributed by atoms with Crippen LogP contribution in [0.1, 0.15) is 24.0 Å². The molecule has 1 heteroatoms. The van der Waals surface area contributed by atoms with Gasteiger partial charge in [0, 0.05) is 12.4 Å². The highest BCUT2D eigenvalue weighted by Gasteiger charge is 2.11. The fraction of sp³-hybridized carbons (Fsp3) is 0.333. The molecule has 1 aromatic rings. The van der Waals surface area contributed by atoms with E-state index in [0.717, 1.165) is 0 Å². The highest BCUT2D eigenvalue weighted by atomic mass is 14.6. The monoisotopic (exact) mass is 133 g/mol. The maximum Gasteiger partial charge on any atom is 0.00835 e. The lowest BCUT2D eigenvalue weighted by atomic mass is 9.92. The van der Waals surface area contributed by atoms with Crippen molar-refractivity contribution in [1.29, 1.82) is 0 Å². The Kier molecular flexibility index (Phi) is 1.16. The number of fused-ring (bicyclic) bond motifs is 1. The van der Waals surface area contributed by atoms with Crippen LogP contribution in [0.2, 0.25) is 0 Å². The van der Waals surface area contributed by atoms with Crippen LogP contribution in [0, 0.1) is 0 Å². The van der Waals surface area contributed by atoms with E-state index in [0.29, 0.717) is 0 Å². The molecule has 0 spiro atoms. The molecule has 0 saturated carbocycles. The average Bonchev–Trinajstić information content (AvgIpc) is 2.36. The van der Waals surface area contributed by atoms with Gasteiger partial charge in [-0.25, -0.2) is 0 Å². The van der Waals surface area contributed by atoms with Gasteiger partial charge in [0.2, 0.25) is 0 Å². The Morgan fingerprint density at radius 1 is 1.30 bits per heavy atom. The predicted molar refractivity (Wildman–Crippen MR) is 42.8 cm³/mol. The van der Waals surface area contributed by atoms with Gasteiger partial charge >= 0.3 is 0 Å². The van der Waals surface area contributed by atoms with Crippen molar-refractivity contribution < 1.29 is 0 Å². The zero-order valence-electron chi connectivity index (χ0n) is 5.98.